The third-order valence-electron chi connectivity index (χ3n) is 4.18. The Bertz CT molecular complexity index is 805. The highest BCUT2D eigenvalue weighted by atomic mass is 19.1. The van der Waals surface area contributed by atoms with Crippen molar-refractivity contribution in [2.45, 2.75) is 39.2 Å². The summed E-state index contributed by atoms with van der Waals surface area (Å²) in [7, 11) is 0. The van der Waals surface area contributed by atoms with Crippen molar-refractivity contribution < 1.29 is 18.4 Å². The summed E-state index contributed by atoms with van der Waals surface area (Å²) in [6, 6.07) is 4.03. The Balaban J connectivity index is 1.85. The lowest BCUT2D eigenvalue weighted by Gasteiger charge is -2.29. The standard InChI is InChI=1S/C17H19FN4O3/c1-3-15-20-21-16(25-15)9-22(4-2)17(24)12-8-14(23)19-13-6-5-10(18)7-11(12)13/h5-7,12H,3-4,8-9H2,1-2H3,(H,19,23)/t12-/m0/s1. The number of benzene rings is 1. The topological polar surface area (TPSA) is 88.3 Å². The molecule has 0 fully saturated rings. The van der Waals surface area contributed by atoms with Gasteiger partial charge in [-0.15, -0.1) is 10.2 Å². The first-order valence-corrected chi connectivity index (χ1v) is 8.21. The Morgan fingerprint density at radius 1 is 1.36 bits per heavy atom. The van der Waals surface area contributed by atoms with Crippen LogP contribution in [0.1, 0.15) is 43.5 Å². The number of aryl methyl sites for hydroxylation is 1. The van der Waals surface area contributed by atoms with Crippen LogP contribution in [0.15, 0.2) is 22.6 Å². The van der Waals surface area contributed by atoms with Crippen molar-refractivity contribution in [1.29, 1.82) is 0 Å². The second-order valence-corrected chi connectivity index (χ2v) is 5.83. The fraction of sp³-hybridized carbons (Fsp3) is 0.412. The number of fused-ring (bicyclic) bond motifs is 1. The molecule has 2 amide bonds. The van der Waals surface area contributed by atoms with Gasteiger partial charge in [-0.3, -0.25) is 9.59 Å². The maximum Gasteiger partial charge on any atom is 0.235 e. The quantitative estimate of drug-likeness (QED) is 0.897. The number of nitrogens with one attached hydrogen (secondary N) is 1. The number of carbonyl (C=O) groups excluding carboxylic acids is 2. The summed E-state index contributed by atoms with van der Waals surface area (Å²) in [5, 5.41) is 10.5. The Hall–Kier alpha value is -2.77. The normalized spacial score (nSPS) is 16.3. The van der Waals surface area contributed by atoms with Crippen molar-refractivity contribution in [3.8, 4) is 0 Å². The minimum absolute atomic E-state index is 0.0180. The van der Waals surface area contributed by atoms with E-state index in [1.807, 2.05) is 13.8 Å². The molecule has 7 nitrogen and oxygen atoms in total. The summed E-state index contributed by atoms with van der Waals surface area (Å²) in [6.07, 6.45) is 0.596. The van der Waals surface area contributed by atoms with Gasteiger partial charge in [-0.05, 0) is 30.7 Å². The average molecular weight is 346 g/mol. The number of anilines is 1. The third kappa shape index (κ3) is 3.52. The van der Waals surface area contributed by atoms with Gasteiger partial charge in [0.05, 0.1) is 12.5 Å². The predicted octanol–water partition coefficient (Wildman–Crippen LogP) is 2.25. The van der Waals surface area contributed by atoms with E-state index >= 15 is 0 Å². The maximum absolute atomic E-state index is 13.6. The minimum Gasteiger partial charge on any atom is -0.423 e. The molecule has 2 aromatic rings. The van der Waals surface area contributed by atoms with E-state index in [9.17, 15) is 14.0 Å². The summed E-state index contributed by atoms with van der Waals surface area (Å²) in [5.41, 5.74) is 0.959. The van der Waals surface area contributed by atoms with Crippen LogP contribution in [-0.4, -0.2) is 33.5 Å². The van der Waals surface area contributed by atoms with E-state index in [0.29, 0.717) is 36.0 Å². The van der Waals surface area contributed by atoms with Gasteiger partial charge in [0.15, 0.2) is 0 Å². The number of nitrogens with zero attached hydrogens (tertiary/aromatic N) is 3. The first kappa shape index (κ1) is 17.1. The number of hydrogen-bond donors (Lipinski definition) is 1. The molecule has 25 heavy (non-hydrogen) atoms. The molecule has 132 valence electrons. The molecule has 1 aliphatic heterocycles. The molecule has 1 aromatic carbocycles. The highest BCUT2D eigenvalue weighted by Gasteiger charge is 2.34. The lowest BCUT2D eigenvalue weighted by atomic mass is 9.89. The van der Waals surface area contributed by atoms with Crippen molar-refractivity contribution >= 4 is 17.5 Å². The van der Waals surface area contributed by atoms with Crippen LogP contribution in [0.4, 0.5) is 10.1 Å². The average Bonchev–Trinajstić information content (AvgIpc) is 3.06. The number of hydrogen-bond acceptors (Lipinski definition) is 5. The molecular weight excluding hydrogens is 327 g/mol. The van der Waals surface area contributed by atoms with Crippen molar-refractivity contribution in [2.24, 2.45) is 0 Å². The van der Waals surface area contributed by atoms with Crippen LogP contribution < -0.4 is 5.32 Å². The Morgan fingerprint density at radius 2 is 2.12 bits per heavy atom. The zero-order chi connectivity index (χ0) is 18.0. The Kier molecular flexibility index (Phi) is 4.78. The molecule has 1 N–H and O–H groups in total. The molecular formula is C17H19FN4O3. The highest BCUT2D eigenvalue weighted by Crippen LogP contribution is 2.34. The SMILES string of the molecule is CCc1nnc(CN(CC)C(=O)[C@H]2CC(=O)Nc3ccc(F)cc32)o1. The Morgan fingerprint density at radius 3 is 2.80 bits per heavy atom. The maximum atomic E-state index is 13.6. The van der Waals surface area contributed by atoms with E-state index in [0.717, 1.165) is 0 Å². The molecule has 0 unspecified atom stereocenters. The van der Waals surface area contributed by atoms with Crippen LogP contribution in [0.25, 0.3) is 0 Å². The van der Waals surface area contributed by atoms with Gasteiger partial charge >= 0.3 is 0 Å². The van der Waals surface area contributed by atoms with Crippen LogP contribution in [0, 0.1) is 5.82 Å². The van der Waals surface area contributed by atoms with Gasteiger partial charge in [-0.25, -0.2) is 4.39 Å². The number of aromatic nitrogens is 2. The van der Waals surface area contributed by atoms with Gasteiger partial charge in [0, 0.05) is 25.1 Å². The van der Waals surface area contributed by atoms with Crippen LogP contribution in [0.2, 0.25) is 0 Å². The number of amides is 2. The van der Waals surface area contributed by atoms with Crippen molar-refractivity contribution in [2.75, 3.05) is 11.9 Å². The summed E-state index contributed by atoms with van der Waals surface area (Å²) < 4.78 is 19.1. The molecule has 0 radical (unpaired) electrons. The van der Waals surface area contributed by atoms with Gasteiger partial charge < -0.3 is 14.6 Å². The summed E-state index contributed by atoms with van der Waals surface area (Å²) in [5.74, 6) is -0.858. The lowest BCUT2D eigenvalue weighted by Crippen LogP contribution is -2.38. The first-order chi connectivity index (χ1) is 12.0. The fourth-order valence-electron chi connectivity index (χ4n) is 2.88. The molecule has 0 bridgehead atoms. The largest absolute Gasteiger partial charge is 0.423 e. The van der Waals surface area contributed by atoms with E-state index < -0.39 is 11.7 Å². The number of likely N-dealkylation sites (N-methyl/N-ethyl adjacent to an activating group) is 1. The molecule has 3 rings (SSSR count). The predicted molar refractivity (Wildman–Crippen MR) is 87.2 cm³/mol. The van der Waals surface area contributed by atoms with Gasteiger partial charge in [-0.2, -0.15) is 0 Å². The van der Waals surface area contributed by atoms with Crippen molar-refractivity contribution in [3.63, 3.8) is 0 Å². The van der Waals surface area contributed by atoms with Gasteiger partial charge in [-0.1, -0.05) is 6.92 Å². The van der Waals surface area contributed by atoms with Gasteiger partial charge in [0.25, 0.3) is 0 Å². The number of halogens is 1. The molecule has 1 aliphatic rings. The summed E-state index contributed by atoms with van der Waals surface area (Å²) in [4.78, 5) is 26.4. The minimum atomic E-state index is -0.729. The van der Waals surface area contributed by atoms with Crippen molar-refractivity contribution in [3.05, 3.63) is 41.4 Å². The van der Waals surface area contributed by atoms with Gasteiger partial charge in [0.2, 0.25) is 23.6 Å². The Labute approximate surface area is 144 Å². The van der Waals surface area contributed by atoms with E-state index in [1.165, 1.54) is 23.1 Å². The van der Waals surface area contributed by atoms with Gasteiger partial charge in [0.1, 0.15) is 5.82 Å². The highest BCUT2D eigenvalue weighted by molar-refractivity contribution is 6.01. The van der Waals surface area contributed by atoms with Crippen LogP contribution in [0.5, 0.6) is 0 Å². The third-order valence-corrected chi connectivity index (χ3v) is 4.18. The molecule has 0 saturated carbocycles. The van der Waals surface area contributed by atoms with E-state index in [2.05, 4.69) is 15.5 Å². The molecule has 1 aromatic heterocycles. The number of carbonyl (C=O) groups is 2. The zero-order valence-electron chi connectivity index (χ0n) is 14.1. The molecule has 0 aliphatic carbocycles. The summed E-state index contributed by atoms with van der Waals surface area (Å²) >= 11 is 0. The van der Waals surface area contributed by atoms with Crippen molar-refractivity contribution in [1.82, 2.24) is 15.1 Å². The molecule has 0 spiro atoms. The fourth-order valence-corrected chi connectivity index (χ4v) is 2.88. The number of rotatable bonds is 5. The molecule has 2 heterocycles. The van der Waals surface area contributed by atoms with E-state index in [1.54, 1.807) is 0 Å². The summed E-state index contributed by atoms with van der Waals surface area (Å²) in [6.45, 7) is 4.28. The second-order valence-electron chi connectivity index (χ2n) is 5.83. The molecule has 1 atom stereocenters. The molecule has 0 saturated heterocycles. The first-order valence-electron chi connectivity index (χ1n) is 8.21. The monoisotopic (exact) mass is 346 g/mol. The van der Waals surface area contributed by atoms with Crippen LogP contribution >= 0.6 is 0 Å². The van der Waals surface area contributed by atoms with E-state index in [4.69, 9.17) is 4.42 Å². The smallest absolute Gasteiger partial charge is 0.235 e. The second kappa shape index (κ2) is 7.00. The zero-order valence-corrected chi connectivity index (χ0v) is 14.1. The van der Waals surface area contributed by atoms with E-state index in [-0.39, 0.29) is 24.8 Å². The molecule has 8 heteroatoms. The van der Waals surface area contributed by atoms with Crippen LogP contribution in [-0.2, 0) is 22.6 Å². The van der Waals surface area contributed by atoms with Crippen LogP contribution in [0.3, 0.4) is 0 Å². The lowest BCUT2D eigenvalue weighted by molar-refractivity contribution is -0.135.